The van der Waals surface area contributed by atoms with Gasteiger partial charge in [-0.05, 0) is 46.8 Å². The van der Waals surface area contributed by atoms with E-state index >= 15 is 0 Å². The smallest absolute Gasteiger partial charge is 0.303 e. The van der Waals surface area contributed by atoms with E-state index in [1.165, 1.54) is 5.56 Å². The van der Waals surface area contributed by atoms with Crippen LogP contribution < -0.4 is 5.32 Å². The molecule has 3 N–H and O–H groups in total. The number of carbonyl (C=O) groups excluding carboxylic acids is 1. The van der Waals surface area contributed by atoms with Gasteiger partial charge in [0.1, 0.15) is 0 Å². The standard InChI is InChI=1S/C39H44N2O6/c1-27-35(25-41(2)24-28-9-4-3-5-10-28)46-39(47-38(27)31-17-15-29(26-42)16-18-31)32-21-19-30(20-22-32)34-12-7-6-11-33(34)23-40-36(43)13-8-14-37(44)45/h3-7,9-12,15-22,27,35,38-39,42H,8,13-14,23-26H2,1-2H3,(H,40,43)(H,44,45)/t27-,35+,38+,39+/m0/s1. The van der Waals surface area contributed by atoms with E-state index in [1.54, 1.807) is 0 Å². The van der Waals surface area contributed by atoms with Gasteiger partial charge in [0.25, 0.3) is 0 Å². The van der Waals surface area contributed by atoms with Gasteiger partial charge in [-0.2, -0.15) is 0 Å². The average Bonchev–Trinajstić information content (AvgIpc) is 3.09. The lowest BCUT2D eigenvalue weighted by atomic mass is 9.90. The van der Waals surface area contributed by atoms with E-state index in [-0.39, 0.29) is 43.5 Å². The maximum Gasteiger partial charge on any atom is 0.303 e. The Bertz CT molecular complexity index is 1590. The van der Waals surface area contributed by atoms with Gasteiger partial charge in [0, 0.05) is 44.0 Å². The second kappa shape index (κ2) is 16.5. The van der Waals surface area contributed by atoms with Crippen LogP contribution in [-0.2, 0) is 38.8 Å². The highest BCUT2D eigenvalue weighted by Gasteiger charge is 2.38. The largest absolute Gasteiger partial charge is 0.481 e. The number of likely N-dealkylation sites (N-methyl/N-ethyl adjacent to an activating group) is 1. The summed E-state index contributed by atoms with van der Waals surface area (Å²) in [4.78, 5) is 25.3. The van der Waals surface area contributed by atoms with Crippen LogP contribution in [0.2, 0.25) is 0 Å². The molecule has 1 fully saturated rings. The highest BCUT2D eigenvalue weighted by molar-refractivity contribution is 5.77. The highest BCUT2D eigenvalue weighted by atomic mass is 16.7. The van der Waals surface area contributed by atoms with Crippen molar-refractivity contribution in [2.75, 3.05) is 13.6 Å². The van der Waals surface area contributed by atoms with E-state index in [0.29, 0.717) is 13.0 Å². The fourth-order valence-corrected chi connectivity index (χ4v) is 6.05. The zero-order valence-electron chi connectivity index (χ0n) is 27.0. The topological polar surface area (TPSA) is 108 Å². The van der Waals surface area contributed by atoms with Crippen molar-refractivity contribution in [3.05, 3.63) is 131 Å². The van der Waals surface area contributed by atoms with E-state index < -0.39 is 12.3 Å². The SMILES string of the molecule is C[C@H]1[C@@H](CN(C)Cc2ccccc2)O[C@@H](c2ccc(-c3ccccc3CNC(=O)CCCC(=O)O)cc2)O[C@H]1c1ccc(CO)cc1. The zero-order valence-corrected chi connectivity index (χ0v) is 27.0. The fraction of sp³-hybridized carbons (Fsp3) is 0.333. The minimum Gasteiger partial charge on any atom is -0.481 e. The molecular formula is C39H44N2O6. The normalized spacial score (nSPS) is 19.4. The number of rotatable bonds is 14. The van der Waals surface area contributed by atoms with Gasteiger partial charge in [0.15, 0.2) is 6.29 Å². The van der Waals surface area contributed by atoms with Gasteiger partial charge in [-0.15, -0.1) is 0 Å². The number of ether oxygens (including phenoxy) is 2. The molecule has 1 amide bonds. The molecule has 4 aromatic rings. The van der Waals surface area contributed by atoms with E-state index in [4.69, 9.17) is 14.6 Å². The van der Waals surface area contributed by atoms with Crippen LogP contribution >= 0.6 is 0 Å². The Balaban J connectivity index is 1.32. The monoisotopic (exact) mass is 636 g/mol. The quantitative estimate of drug-likeness (QED) is 0.142. The van der Waals surface area contributed by atoms with Crippen molar-refractivity contribution in [1.82, 2.24) is 10.2 Å². The number of benzene rings is 4. The molecule has 4 aromatic carbocycles. The molecule has 5 rings (SSSR count). The van der Waals surface area contributed by atoms with Gasteiger partial charge in [-0.25, -0.2) is 0 Å². The van der Waals surface area contributed by atoms with Gasteiger partial charge in [-0.3, -0.25) is 14.5 Å². The molecule has 0 spiro atoms. The summed E-state index contributed by atoms with van der Waals surface area (Å²) in [5, 5.41) is 21.3. The molecule has 246 valence electrons. The first kappa shape index (κ1) is 34.0. The average molecular weight is 637 g/mol. The summed E-state index contributed by atoms with van der Waals surface area (Å²) in [7, 11) is 2.11. The predicted molar refractivity (Wildman–Crippen MR) is 181 cm³/mol. The van der Waals surface area contributed by atoms with E-state index in [1.807, 2.05) is 66.7 Å². The summed E-state index contributed by atoms with van der Waals surface area (Å²) in [6.07, 6.45) is -0.392. The van der Waals surface area contributed by atoms with Gasteiger partial charge in [-0.1, -0.05) is 110 Å². The fourth-order valence-electron chi connectivity index (χ4n) is 6.05. The summed E-state index contributed by atoms with van der Waals surface area (Å²) < 4.78 is 13.4. The minimum atomic E-state index is -0.900. The number of carboxylic acid groups (broad SMARTS) is 1. The van der Waals surface area contributed by atoms with Crippen molar-refractivity contribution in [1.29, 1.82) is 0 Å². The number of amides is 1. The molecule has 47 heavy (non-hydrogen) atoms. The molecule has 1 aliphatic heterocycles. The Morgan fingerprint density at radius 3 is 2.19 bits per heavy atom. The van der Waals surface area contributed by atoms with Crippen molar-refractivity contribution < 1.29 is 29.3 Å². The van der Waals surface area contributed by atoms with Gasteiger partial charge in [0.2, 0.25) is 5.91 Å². The summed E-state index contributed by atoms with van der Waals surface area (Å²) in [5.74, 6) is -0.986. The molecule has 8 heteroatoms. The molecule has 0 aromatic heterocycles. The van der Waals surface area contributed by atoms with Crippen LogP contribution in [-0.4, -0.2) is 46.7 Å². The zero-order chi connectivity index (χ0) is 33.2. The molecule has 0 radical (unpaired) electrons. The second-order valence-electron chi connectivity index (χ2n) is 12.3. The summed E-state index contributed by atoms with van der Waals surface area (Å²) in [6, 6.07) is 34.5. The number of nitrogens with zero attached hydrogens (tertiary/aromatic N) is 1. The molecule has 1 saturated heterocycles. The first-order chi connectivity index (χ1) is 22.8. The van der Waals surface area contributed by atoms with Crippen molar-refractivity contribution in [3.8, 4) is 11.1 Å². The summed E-state index contributed by atoms with van der Waals surface area (Å²) in [6.45, 7) is 4.06. The third-order valence-corrected chi connectivity index (χ3v) is 8.69. The Morgan fingerprint density at radius 2 is 1.49 bits per heavy atom. The van der Waals surface area contributed by atoms with Gasteiger partial charge in [0.05, 0.1) is 18.8 Å². The Labute approximate surface area is 277 Å². The van der Waals surface area contributed by atoms with Crippen LogP contribution in [0.1, 0.15) is 66.4 Å². The number of hydrogen-bond acceptors (Lipinski definition) is 6. The first-order valence-electron chi connectivity index (χ1n) is 16.2. The molecule has 8 nitrogen and oxygen atoms in total. The number of hydrogen-bond donors (Lipinski definition) is 3. The number of carboxylic acids is 1. The van der Waals surface area contributed by atoms with Crippen LogP contribution in [0.15, 0.2) is 103 Å². The minimum absolute atomic E-state index is 0.00532. The molecule has 0 bridgehead atoms. The first-order valence-corrected chi connectivity index (χ1v) is 16.2. The second-order valence-corrected chi connectivity index (χ2v) is 12.3. The van der Waals surface area contributed by atoms with Crippen molar-refractivity contribution >= 4 is 11.9 Å². The molecule has 0 unspecified atom stereocenters. The van der Waals surface area contributed by atoms with Crippen molar-refractivity contribution in [2.24, 2.45) is 5.92 Å². The van der Waals surface area contributed by atoms with Crippen LogP contribution in [0.5, 0.6) is 0 Å². The molecular weight excluding hydrogens is 592 g/mol. The Hall–Kier alpha value is -4.34. The number of aliphatic carboxylic acids is 1. The Kier molecular flexibility index (Phi) is 11.9. The van der Waals surface area contributed by atoms with Crippen molar-refractivity contribution in [3.63, 3.8) is 0 Å². The van der Waals surface area contributed by atoms with E-state index in [0.717, 1.165) is 46.5 Å². The predicted octanol–water partition coefficient (Wildman–Crippen LogP) is 6.64. The molecule has 1 heterocycles. The Morgan fingerprint density at radius 1 is 0.809 bits per heavy atom. The summed E-state index contributed by atoms with van der Waals surface area (Å²) in [5.41, 5.74) is 7.05. The lowest BCUT2D eigenvalue weighted by Gasteiger charge is -2.42. The maximum atomic E-state index is 12.3. The maximum absolute atomic E-state index is 12.3. The summed E-state index contributed by atoms with van der Waals surface area (Å²) >= 11 is 0. The van der Waals surface area contributed by atoms with Gasteiger partial charge < -0.3 is 25.0 Å². The molecule has 0 saturated carbocycles. The lowest BCUT2D eigenvalue weighted by molar-refractivity contribution is -0.276. The highest BCUT2D eigenvalue weighted by Crippen LogP contribution is 2.42. The van der Waals surface area contributed by atoms with Crippen molar-refractivity contribution in [2.45, 2.75) is 64.4 Å². The third kappa shape index (κ3) is 9.36. The lowest BCUT2D eigenvalue weighted by Crippen LogP contribution is -2.43. The van der Waals surface area contributed by atoms with Crippen LogP contribution in [0, 0.1) is 5.92 Å². The van der Waals surface area contributed by atoms with Crippen LogP contribution in [0.4, 0.5) is 0 Å². The third-order valence-electron chi connectivity index (χ3n) is 8.69. The molecule has 0 aliphatic carbocycles. The van der Waals surface area contributed by atoms with E-state index in [2.05, 4.69) is 60.6 Å². The molecule has 1 aliphatic rings. The van der Waals surface area contributed by atoms with Crippen LogP contribution in [0.25, 0.3) is 11.1 Å². The molecule has 4 atom stereocenters. The van der Waals surface area contributed by atoms with Crippen LogP contribution in [0.3, 0.4) is 0 Å². The number of aliphatic hydroxyl groups is 1. The number of aliphatic hydroxyl groups excluding tert-OH is 1. The van der Waals surface area contributed by atoms with Gasteiger partial charge >= 0.3 is 5.97 Å². The van der Waals surface area contributed by atoms with E-state index in [9.17, 15) is 14.7 Å². The number of carbonyl (C=O) groups is 2. The number of nitrogens with one attached hydrogen (secondary N) is 1.